The molecule has 210 valence electrons. The number of hydrogen-bond donors (Lipinski definition) is 1. The van der Waals surface area contributed by atoms with Gasteiger partial charge >= 0.3 is 23.9 Å². The molecule has 0 saturated carbocycles. The molecule has 7 nitrogen and oxygen atoms in total. The van der Waals surface area contributed by atoms with Crippen molar-refractivity contribution in [2.24, 2.45) is 5.73 Å². The van der Waals surface area contributed by atoms with Crippen LogP contribution in [0.4, 0.5) is 45.3 Å². The van der Waals surface area contributed by atoms with Gasteiger partial charge in [-0.2, -0.15) is 26.3 Å². The van der Waals surface area contributed by atoms with Crippen molar-refractivity contribution in [2.45, 2.75) is 37.7 Å². The average Bonchev–Trinajstić information content (AvgIpc) is 2.84. The third-order valence-electron chi connectivity index (χ3n) is 5.65. The van der Waals surface area contributed by atoms with Gasteiger partial charge in [0.25, 0.3) is 0 Å². The lowest BCUT2D eigenvalue weighted by Gasteiger charge is -2.37. The van der Waals surface area contributed by atoms with Crippen LogP contribution in [0.25, 0.3) is 11.2 Å². The molecule has 0 spiro atoms. The van der Waals surface area contributed by atoms with Crippen LogP contribution in [0.5, 0.6) is 0 Å². The molecule has 16 heteroatoms. The van der Waals surface area contributed by atoms with Crippen LogP contribution in [0.15, 0.2) is 30.5 Å². The molecule has 2 atom stereocenters. The molecule has 2 aromatic heterocycles. The van der Waals surface area contributed by atoms with Crippen molar-refractivity contribution in [3.05, 3.63) is 59.2 Å². The smallest absolute Gasteiger partial charge is 0.355 e. The third kappa shape index (κ3) is 6.99. The largest absolute Gasteiger partial charge is 0.458 e. The molecule has 0 amide bonds. The molecule has 3 heterocycles. The van der Waals surface area contributed by atoms with Crippen LogP contribution in [0, 0.1) is 24.4 Å². The van der Waals surface area contributed by atoms with E-state index in [4.69, 9.17) is 5.73 Å². The van der Waals surface area contributed by atoms with Gasteiger partial charge in [-0.25, -0.2) is 23.1 Å². The lowest BCUT2D eigenvalue weighted by Crippen LogP contribution is -2.48. The van der Waals surface area contributed by atoms with Crippen LogP contribution in [0.3, 0.4) is 0 Å². The SMILES string of the molecule is Cc1cnc2ccc(N3CCC(c4cc(F)c(F)cc4F)[C@@H](N)C3)nc2n1.O=C(C(=O)C(F)(F)F)C(F)(F)F. The molecule has 1 aromatic carbocycles. The molecule has 2 N–H and O–H groups in total. The Morgan fingerprint density at radius 1 is 0.923 bits per heavy atom. The molecule has 3 aromatic rings. The number of aryl methyl sites for hydroxylation is 1. The lowest BCUT2D eigenvalue weighted by molar-refractivity contribution is -0.193. The van der Waals surface area contributed by atoms with E-state index in [0.717, 1.165) is 11.8 Å². The Bertz CT molecular complexity index is 1370. The Balaban J connectivity index is 0.000000298. The quantitative estimate of drug-likeness (QED) is 0.286. The van der Waals surface area contributed by atoms with Gasteiger partial charge in [-0.1, -0.05) is 0 Å². The fourth-order valence-electron chi connectivity index (χ4n) is 3.80. The predicted octanol–water partition coefficient (Wildman–Crippen LogP) is 4.32. The normalized spacial score (nSPS) is 18.0. The zero-order valence-corrected chi connectivity index (χ0v) is 19.7. The van der Waals surface area contributed by atoms with Gasteiger partial charge in [-0.15, -0.1) is 0 Å². The number of Topliss-reactive ketones (excluding diaryl/α,β-unsaturated/α-hetero) is 2. The summed E-state index contributed by atoms with van der Waals surface area (Å²) in [5.74, 6) is -9.52. The average molecular weight is 567 g/mol. The summed E-state index contributed by atoms with van der Waals surface area (Å²) in [6, 6.07) is 4.74. The van der Waals surface area contributed by atoms with E-state index in [1.165, 1.54) is 0 Å². The summed E-state index contributed by atoms with van der Waals surface area (Å²) in [4.78, 5) is 34.4. The number of rotatable bonds is 3. The number of fused-ring (bicyclic) bond motifs is 1. The molecule has 39 heavy (non-hydrogen) atoms. The monoisotopic (exact) mass is 567 g/mol. The topological polar surface area (TPSA) is 102 Å². The van der Waals surface area contributed by atoms with Crippen LogP contribution in [-0.2, 0) is 9.59 Å². The summed E-state index contributed by atoms with van der Waals surface area (Å²) < 4.78 is 108. The van der Waals surface area contributed by atoms with Gasteiger partial charge in [0.2, 0.25) is 0 Å². The van der Waals surface area contributed by atoms with Crippen molar-refractivity contribution in [3.63, 3.8) is 0 Å². The van der Waals surface area contributed by atoms with E-state index in [-0.39, 0.29) is 11.5 Å². The Labute approximate surface area is 213 Å². The predicted molar refractivity (Wildman–Crippen MR) is 118 cm³/mol. The molecule has 1 aliphatic rings. The number of benzene rings is 1. The molecule has 4 rings (SSSR count). The van der Waals surface area contributed by atoms with E-state index in [1.54, 1.807) is 6.20 Å². The maximum Gasteiger partial charge on any atom is 0.458 e. The maximum absolute atomic E-state index is 14.1. The summed E-state index contributed by atoms with van der Waals surface area (Å²) in [5, 5.41) is 0. The lowest BCUT2D eigenvalue weighted by atomic mass is 9.85. The second-order valence-corrected chi connectivity index (χ2v) is 8.47. The summed E-state index contributed by atoms with van der Waals surface area (Å²) in [7, 11) is 0. The Kier molecular flexibility index (Phi) is 8.47. The van der Waals surface area contributed by atoms with Crippen molar-refractivity contribution < 1.29 is 49.1 Å². The fourth-order valence-corrected chi connectivity index (χ4v) is 3.80. The zero-order chi connectivity index (χ0) is 29.3. The number of anilines is 1. The summed E-state index contributed by atoms with van der Waals surface area (Å²) in [5.41, 5.74) is 8.40. The number of halogens is 9. The first kappa shape index (κ1) is 29.7. The van der Waals surface area contributed by atoms with Gasteiger partial charge in [0, 0.05) is 37.3 Å². The Morgan fingerprint density at radius 2 is 1.51 bits per heavy atom. The van der Waals surface area contributed by atoms with Crippen LogP contribution in [0.1, 0.15) is 23.6 Å². The van der Waals surface area contributed by atoms with E-state index >= 15 is 0 Å². The number of piperidine rings is 1. The van der Waals surface area contributed by atoms with E-state index in [2.05, 4.69) is 15.0 Å². The number of ketones is 2. The third-order valence-corrected chi connectivity index (χ3v) is 5.65. The van der Waals surface area contributed by atoms with Crippen LogP contribution in [-0.4, -0.2) is 58.0 Å². The second-order valence-electron chi connectivity index (χ2n) is 8.47. The number of carbonyl (C=O) groups is 2. The summed E-state index contributed by atoms with van der Waals surface area (Å²) >= 11 is 0. The molecular formula is C23H18F9N5O2. The molecule has 1 aliphatic heterocycles. The highest BCUT2D eigenvalue weighted by Gasteiger charge is 2.54. The van der Waals surface area contributed by atoms with Gasteiger partial charge in [0.15, 0.2) is 17.3 Å². The van der Waals surface area contributed by atoms with Crippen LogP contribution < -0.4 is 10.6 Å². The summed E-state index contributed by atoms with van der Waals surface area (Å²) in [6.07, 6.45) is -9.36. The molecule has 0 aliphatic carbocycles. The highest BCUT2D eigenvalue weighted by Crippen LogP contribution is 2.32. The molecule has 0 bridgehead atoms. The standard InChI is InChI=1S/C19H18F3N5.C4F6O2/c1-10-8-24-17-2-3-18(26-19(17)25-10)27-5-4-11(16(23)9-27)12-6-14(21)15(22)7-13(12)20;5-3(6,7)1(11)2(12)4(8,9)10/h2-3,6-8,11,16H,4-5,9,23H2,1H3;/t11?,16-;/m0./s1. The van der Waals surface area contributed by atoms with Crippen molar-refractivity contribution >= 4 is 28.5 Å². The highest BCUT2D eigenvalue weighted by molar-refractivity contribution is 6.41. The van der Waals surface area contributed by atoms with Gasteiger partial charge in [-0.05, 0) is 37.1 Å². The zero-order valence-electron chi connectivity index (χ0n) is 19.7. The molecule has 1 saturated heterocycles. The van der Waals surface area contributed by atoms with E-state index < -0.39 is 47.4 Å². The van der Waals surface area contributed by atoms with Crippen molar-refractivity contribution in [2.75, 3.05) is 18.0 Å². The van der Waals surface area contributed by atoms with E-state index in [0.29, 0.717) is 42.6 Å². The van der Waals surface area contributed by atoms with Crippen molar-refractivity contribution in [1.82, 2.24) is 15.0 Å². The number of nitrogens with two attached hydrogens (primary N) is 1. The van der Waals surface area contributed by atoms with Crippen LogP contribution in [0.2, 0.25) is 0 Å². The second kappa shape index (κ2) is 11.1. The fraction of sp³-hybridized carbons (Fsp3) is 0.348. The highest BCUT2D eigenvalue weighted by atomic mass is 19.4. The Hall–Kier alpha value is -3.82. The molecular weight excluding hydrogens is 549 g/mol. The van der Waals surface area contributed by atoms with Gasteiger partial charge in [-0.3, -0.25) is 14.6 Å². The van der Waals surface area contributed by atoms with Crippen molar-refractivity contribution in [3.8, 4) is 0 Å². The van der Waals surface area contributed by atoms with Gasteiger partial charge in [0.1, 0.15) is 17.2 Å². The van der Waals surface area contributed by atoms with E-state index in [1.807, 2.05) is 24.0 Å². The maximum atomic E-state index is 14.1. The number of alkyl halides is 6. The first-order chi connectivity index (χ1) is 18.0. The number of aromatic nitrogens is 3. The summed E-state index contributed by atoms with van der Waals surface area (Å²) in [6.45, 7) is 2.83. The minimum absolute atomic E-state index is 0.119. The minimum atomic E-state index is -5.77. The van der Waals surface area contributed by atoms with Crippen molar-refractivity contribution in [1.29, 1.82) is 0 Å². The Morgan fingerprint density at radius 3 is 2.08 bits per heavy atom. The van der Waals surface area contributed by atoms with Gasteiger partial charge in [0.05, 0.1) is 5.69 Å². The first-order valence-electron chi connectivity index (χ1n) is 11.0. The first-order valence-corrected chi connectivity index (χ1v) is 11.0. The van der Waals surface area contributed by atoms with E-state index in [9.17, 15) is 49.1 Å². The minimum Gasteiger partial charge on any atom is -0.355 e. The number of carbonyl (C=O) groups excluding carboxylic acids is 2. The number of nitrogens with zero attached hydrogens (tertiary/aromatic N) is 4. The molecule has 0 radical (unpaired) electrons. The molecule has 1 fully saturated rings. The molecule has 1 unspecified atom stereocenters. The van der Waals surface area contributed by atoms with Crippen LogP contribution >= 0.6 is 0 Å². The van der Waals surface area contributed by atoms with Gasteiger partial charge < -0.3 is 10.6 Å². The number of pyridine rings is 1. The number of hydrogen-bond acceptors (Lipinski definition) is 7.